The standard InChI is InChI=1S/C17H21N3/c1-20(2)12-17(7-3-4-8-17)14-5-6-16-15(9-14)13(10-18)11-19-16/h5-6,9,11,19H,3-4,7-8,12H2,1-2H3. The summed E-state index contributed by atoms with van der Waals surface area (Å²) < 4.78 is 0. The first kappa shape index (κ1) is 13.2. The van der Waals surface area contributed by atoms with E-state index in [9.17, 15) is 5.26 Å². The minimum absolute atomic E-state index is 0.266. The highest BCUT2D eigenvalue weighted by atomic mass is 15.1. The molecular formula is C17H21N3. The number of nitrogens with zero attached hydrogens (tertiary/aromatic N) is 2. The smallest absolute Gasteiger partial charge is 0.101 e. The van der Waals surface area contributed by atoms with Crippen molar-refractivity contribution < 1.29 is 0 Å². The van der Waals surface area contributed by atoms with Crippen LogP contribution in [-0.4, -0.2) is 30.5 Å². The number of rotatable bonds is 3. The zero-order valence-electron chi connectivity index (χ0n) is 12.2. The van der Waals surface area contributed by atoms with Crippen molar-refractivity contribution in [2.45, 2.75) is 31.1 Å². The van der Waals surface area contributed by atoms with Crippen molar-refractivity contribution in [1.82, 2.24) is 9.88 Å². The van der Waals surface area contributed by atoms with Crippen LogP contribution in [-0.2, 0) is 5.41 Å². The van der Waals surface area contributed by atoms with Crippen LogP contribution in [0.1, 0.15) is 36.8 Å². The van der Waals surface area contributed by atoms with Gasteiger partial charge in [0.15, 0.2) is 0 Å². The van der Waals surface area contributed by atoms with Gasteiger partial charge in [-0.2, -0.15) is 5.26 Å². The van der Waals surface area contributed by atoms with Gasteiger partial charge >= 0.3 is 0 Å². The Hall–Kier alpha value is -1.79. The van der Waals surface area contributed by atoms with Crippen molar-refractivity contribution in [1.29, 1.82) is 5.26 Å². The van der Waals surface area contributed by atoms with Crippen molar-refractivity contribution in [3.8, 4) is 6.07 Å². The Bertz CT molecular complexity index is 654. The lowest BCUT2D eigenvalue weighted by Gasteiger charge is -2.33. The molecule has 3 rings (SSSR count). The highest BCUT2D eigenvalue weighted by molar-refractivity contribution is 5.86. The SMILES string of the molecule is CN(C)CC1(c2ccc3[nH]cc(C#N)c3c2)CCCC1. The molecule has 1 fully saturated rings. The molecule has 2 aromatic rings. The summed E-state index contributed by atoms with van der Waals surface area (Å²) in [5.41, 5.74) is 3.47. The molecule has 1 heterocycles. The molecule has 0 atom stereocenters. The van der Waals surface area contributed by atoms with Crippen LogP contribution < -0.4 is 0 Å². The molecule has 0 spiro atoms. The van der Waals surface area contributed by atoms with Gasteiger partial charge in [-0.15, -0.1) is 0 Å². The first-order valence-electron chi connectivity index (χ1n) is 7.31. The van der Waals surface area contributed by atoms with E-state index < -0.39 is 0 Å². The molecule has 20 heavy (non-hydrogen) atoms. The van der Waals surface area contributed by atoms with Crippen LogP contribution in [0.2, 0.25) is 0 Å². The van der Waals surface area contributed by atoms with E-state index in [0.29, 0.717) is 0 Å². The van der Waals surface area contributed by atoms with Crippen molar-refractivity contribution in [3.63, 3.8) is 0 Å². The van der Waals surface area contributed by atoms with E-state index in [1.807, 2.05) is 6.20 Å². The summed E-state index contributed by atoms with van der Waals surface area (Å²) >= 11 is 0. The number of H-pyrrole nitrogens is 1. The fourth-order valence-corrected chi connectivity index (χ4v) is 3.74. The van der Waals surface area contributed by atoms with Crippen LogP contribution in [0.15, 0.2) is 24.4 Å². The maximum Gasteiger partial charge on any atom is 0.101 e. The fraction of sp³-hybridized carbons (Fsp3) is 0.471. The summed E-state index contributed by atoms with van der Waals surface area (Å²) in [4.78, 5) is 5.47. The normalized spacial score (nSPS) is 17.7. The maximum absolute atomic E-state index is 9.21. The Morgan fingerprint density at radius 1 is 1.30 bits per heavy atom. The second-order valence-electron chi connectivity index (χ2n) is 6.30. The number of fused-ring (bicyclic) bond motifs is 1. The Labute approximate surface area is 120 Å². The van der Waals surface area contributed by atoms with E-state index >= 15 is 0 Å². The zero-order valence-corrected chi connectivity index (χ0v) is 12.2. The minimum Gasteiger partial charge on any atom is -0.360 e. The molecule has 0 bridgehead atoms. The summed E-state index contributed by atoms with van der Waals surface area (Å²) in [5, 5.41) is 10.3. The van der Waals surface area contributed by atoms with Crippen molar-refractivity contribution in [3.05, 3.63) is 35.5 Å². The molecule has 0 amide bonds. The van der Waals surface area contributed by atoms with Crippen LogP contribution in [0.5, 0.6) is 0 Å². The molecule has 0 aliphatic heterocycles. The predicted molar refractivity (Wildman–Crippen MR) is 81.7 cm³/mol. The predicted octanol–water partition coefficient (Wildman–Crippen LogP) is 3.41. The number of likely N-dealkylation sites (N-methyl/N-ethyl adjacent to an activating group) is 1. The number of hydrogen-bond acceptors (Lipinski definition) is 2. The molecule has 1 aliphatic carbocycles. The van der Waals surface area contributed by atoms with Crippen LogP contribution in [0.3, 0.4) is 0 Å². The maximum atomic E-state index is 9.21. The molecule has 1 N–H and O–H groups in total. The largest absolute Gasteiger partial charge is 0.360 e. The van der Waals surface area contributed by atoms with Crippen LogP contribution in [0.4, 0.5) is 0 Å². The van der Waals surface area contributed by atoms with E-state index in [4.69, 9.17) is 0 Å². The second kappa shape index (κ2) is 4.96. The lowest BCUT2D eigenvalue weighted by molar-refractivity contribution is 0.284. The van der Waals surface area contributed by atoms with Gasteiger partial charge < -0.3 is 9.88 Å². The molecule has 1 aromatic carbocycles. The van der Waals surface area contributed by atoms with Crippen molar-refractivity contribution in [2.75, 3.05) is 20.6 Å². The average Bonchev–Trinajstić information content (AvgIpc) is 3.04. The molecule has 1 aliphatic rings. The van der Waals surface area contributed by atoms with E-state index in [2.05, 4.69) is 48.2 Å². The average molecular weight is 267 g/mol. The van der Waals surface area contributed by atoms with Gasteiger partial charge in [-0.1, -0.05) is 18.9 Å². The van der Waals surface area contributed by atoms with Crippen LogP contribution in [0, 0.1) is 11.3 Å². The van der Waals surface area contributed by atoms with Crippen molar-refractivity contribution >= 4 is 10.9 Å². The van der Waals surface area contributed by atoms with Gasteiger partial charge in [0, 0.05) is 29.1 Å². The Morgan fingerprint density at radius 2 is 2.05 bits per heavy atom. The molecular weight excluding hydrogens is 246 g/mol. The zero-order chi connectivity index (χ0) is 14.2. The summed E-state index contributed by atoms with van der Waals surface area (Å²) in [6, 6.07) is 8.89. The van der Waals surface area contributed by atoms with Crippen molar-refractivity contribution in [2.24, 2.45) is 0 Å². The van der Waals surface area contributed by atoms with Gasteiger partial charge in [0.1, 0.15) is 6.07 Å². The number of nitriles is 1. The first-order chi connectivity index (χ1) is 9.64. The molecule has 0 radical (unpaired) electrons. The number of aromatic nitrogens is 1. The second-order valence-corrected chi connectivity index (χ2v) is 6.30. The van der Waals surface area contributed by atoms with Gasteiger partial charge in [0.05, 0.1) is 5.56 Å². The van der Waals surface area contributed by atoms with Gasteiger partial charge in [0.2, 0.25) is 0 Å². The highest BCUT2D eigenvalue weighted by Gasteiger charge is 2.36. The number of aromatic amines is 1. The molecule has 1 saturated carbocycles. The van der Waals surface area contributed by atoms with Gasteiger partial charge in [-0.05, 0) is 44.6 Å². The summed E-state index contributed by atoms with van der Waals surface area (Å²) in [6.07, 6.45) is 6.93. The highest BCUT2D eigenvalue weighted by Crippen LogP contribution is 2.42. The molecule has 3 nitrogen and oxygen atoms in total. The van der Waals surface area contributed by atoms with E-state index in [1.165, 1.54) is 31.2 Å². The van der Waals surface area contributed by atoms with Crippen LogP contribution >= 0.6 is 0 Å². The lowest BCUT2D eigenvalue weighted by Crippen LogP contribution is -2.35. The quantitative estimate of drug-likeness (QED) is 0.926. The summed E-state index contributed by atoms with van der Waals surface area (Å²) in [6.45, 7) is 1.09. The molecule has 104 valence electrons. The van der Waals surface area contributed by atoms with Gasteiger partial charge in [-0.3, -0.25) is 0 Å². The molecule has 0 unspecified atom stereocenters. The Balaban J connectivity index is 2.09. The van der Waals surface area contributed by atoms with Gasteiger partial charge in [0.25, 0.3) is 0 Å². The summed E-state index contributed by atoms with van der Waals surface area (Å²) in [7, 11) is 4.30. The monoisotopic (exact) mass is 267 g/mol. The molecule has 1 aromatic heterocycles. The first-order valence-corrected chi connectivity index (χ1v) is 7.31. The minimum atomic E-state index is 0.266. The van der Waals surface area contributed by atoms with Crippen LogP contribution in [0.25, 0.3) is 10.9 Å². The summed E-state index contributed by atoms with van der Waals surface area (Å²) in [5.74, 6) is 0. The number of nitrogens with one attached hydrogen (secondary N) is 1. The molecule has 0 saturated heterocycles. The Morgan fingerprint density at radius 3 is 2.70 bits per heavy atom. The van der Waals surface area contributed by atoms with E-state index in [-0.39, 0.29) is 5.41 Å². The number of hydrogen-bond donors (Lipinski definition) is 1. The molecule has 3 heteroatoms. The Kier molecular flexibility index (Phi) is 3.27. The lowest BCUT2D eigenvalue weighted by atomic mass is 9.78. The van der Waals surface area contributed by atoms with E-state index in [0.717, 1.165) is 23.0 Å². The van der Waals surface area contributed by atoms with E-state index in [1.54, 1.807) is 0 Å². The third kappa shape index (κ3) is 2.10. The van der Waals surface area contributed by atoms with Gasteiger partial charge in [-0.25, -0.2) is 0 Å². The third-order valence-electron chi connectivity index (χ3n) is 4.59. The topological polar surface area (TPSA) is 42.8 Å². The fourth-order valence-electron chi connectivity index (χ4n) is 3.74. The third-order valence-corrected chi connectivity index (χ3v) is 4.59. The number of benzene rings is 1.